The molecule has 0 bridgehead atoms. The number of halogens is 1. The number of nitro benzene ring substituents is 1. The third-order valence-electron chi connectivity index (χ3n) is 2.38. The van der Waals surface area contributed by atoms with E-state index in [2.05, 4.69) is 21.0 Å². The molecule has 2 rings (SSSR count). The van der Waals surface area contributed by atoms with Gasteiger partial charge in [-0.05, 0) is 24.6 Å². The molecule has 88 valence electrons. The fourth-order valence-electron chi connectivity index (χ4n) is 1.55. The van der Waals surface area contributed by atoms with E-state index in [0.717, 1.165) is 11.3 Å². The van der Waals surface area contributed by atoms with Crippen molar-refractivity contribution >= 4 is 21.6 Å². The number of hydrogen-bond acceptors (Lipinski definition) is 3. The van der Waals surface area contributed by atoms with E-state index >= 15 is 0 Å². The van der Waals surface area contributed by atoms with Crippen LogP contribution in [0.25, 0.3) is 5.69 Å². The molecule has 0 radical (unpaired) electrons. The lowest BCUT2D eigenvalue weighted by atomic mass is 10.2. The quantitative estimate of drug-likeness (QED) is 0.497. The first-order valence-electron chi connectivity index (χ1n) is 4.96. The highest BCUT2D eigenvalue weighted by atomic mass is 79.9. The van der Waals surface area contributed by atoms with Gasteiger partial charge in [-0.25, -0.2) is 4.68 Å². The minimum absolute atomic E-state index is 0.120. The van der Waals surface area contributed by atoms with Gasteiger partial charge in [0.15, 0.2) is 0 Å². The van der Waals surface area contributed by atoms with Crippen molar-refractivity contribution in [1.82, 2.24) is 9.78 Å². The van der Waals surface area contributed by atoms with Gasteiger partial charge in [0.1, 0.15) is 0 Å². The van der Waals surface area contributed by atoms with Gasteiger partial charge in [-0.2, -0.15) is 5.10 Å². The van der Waals surface area contributed by atoms with Crippen LogP contribution in [0.5, 0.6) is 0 Å². The third-order valence-corrected chi connectivity index (χ3v) is 2.98. The van der Waals surface area contributed by atoms with Crippen molar-refractivity contribution in [2.24, 2.45) is 0 Å². The molecule has 1 aromatic carbocycles. The van der Waals surface area contributed by atoms with Crippen molar-refractivity contribution in [1.29, 1.82) is 0 Å². The highest BCUT2D eigenvalue weighted by Crippen LogP contribution is 2.24. The zero-order valence-corrected chi connectivity index (χ0v) is 10.7. The van der Waals surface area contributed by atoms with Crippen molar-refractivity contribution in [2.45, 2.75) is 12.3 Å². The lowest BCUT2D eigenvalue weighted by Gasteiger charge is -2.04. The minimum Gasteiger partial charge on any atom is -0.258 e. The van der Waals surface area contributed by atoms with Crippen LogP contribution >= 0.6 is 15.9 Å². The number of alkyl halides is 1. The molecule has 1 aromatic heterocycles. The van der Waals surface area contributed by atoms with E-state index in [1.165, 1.54) is 6.07 Å². The van der Waals surface area contributed by atoms with Crippen LogP contribution in [-0.2, 0) is 5.33 Å². The molecule has 0 unspecified atom stereocenters. The smallest absolute Gasteiger partial charge is 0.258 e. The summed E-state index contributed by atoms with van der Waals surface area (Å²) in [5.74, 6) is 0. The van der Waals surface area contributed by atoms with Gasteiger partial charge < -0.3 is 0 Å². The Morgan fingerprint density at radius 2 is 2.29 bits per heavy atom. The molecule has 0 amide bonds. The zero-order valence-electron chi connectivity index (χ0n) is 9.13. The Bertz CT molecular complexity index is 566. The van der Waals surface area contributed by atoms with Crippen LogP contribution in [-0.4, -0.2) is 14.7 Å². The molecule has 0 atom stereocenters. The molecular formula is C11H10BrN3O2. The highest BCUT2D eigenvalue weighted by Gasteiger charge is 2.13. The number of hydrogen-bond donors (Lipinski definition) is 0. The van der Waals surface area contributed by atoms with Crippen LogP contribution in [0.15, 0.2) is 30.6 Å². The fraction of sp³-hybridized carbons (Fsp3) is 0.182. The van der Waals surface area contributed by atoms with Crippen LogP contribution in [0.3, 0.4) is 0 Å². The normalized spacial score (nSPS) is 10.5. The van der Waals surface area contributed by atoms with Crippen molar-refractivity contribution in [3.8, 4) is 5.69 Å². The number of benzene rings is 1. The summed E-state index contributed by atoms with van der Waals surface area (Å²) < 4.78 is 1.70. The highest BCUT2D eigenvalue weighted by molar-refractivity contribution is 9.08. The molecule has 6 heteroatoms. The second-order valence-electron chi connectivity index (χ2n) is 3.67. The predicted octanol–water partition coefficient (Wildman–Crippen LogP) is 2.98. The SMILES string of the molecule is Cc1cnn(-c2ccc([N+](=O)[O-])c(CBr)c2)c1. The average molecular weight is 296 g/mol. The summed E-state index contributed by atoms with van der Waals surface area (Å²) in [5, 5.41) is 15.4. The summed E-state index contributed by atoms with van der Waals surface area (Å²) in [4.78, 5) is 10.4. The van der Waals surface area contributed by atoms with Crippen LogP contribution in [0.2, 0.25) is 0 Å². The van der Waals surface area contributed by atoms with E-state index in [-0.39, 0.29) is 10.6 Å². The van der Waals surface area contributed by atoms with E-state index in [9.17, 15) is 10.1 Å². The molecule has 2 aromatic rings. The predicted molar refractivity (Wildman–Crippen MR) is 67.6 cm³/mol. The Morgan fingerprint density at radius 3 is 2.82 bits per heavy atom. The van der Waals surface area contributed by atoms with Gasteiger partial charge in [-0.15, -0.1) is 0 Å². The third kappa shape index (κ3) is 2.36. The van der Waals surface area contributed by atoms with Crippen molar-refractivity contribution < 1.29 is 4.92 Å². The molecule has 0 fully saturated rings. The maximum absolute atomic E-state index is 10.8. The molecule has 0 saturated carbocycles. The second-order valence-corrected chi connectivity index (χ2v) is 4.23. The molecule has 17 heavy (non-hydrogen) atoms. The van der Waals surface area contributed by atoms with Gasteiger partial charge in [0, 0.05) is 23.2 Å². The molecule has 0 saturated heterocycles. The van der Waals surface area contributed by atoms with Gasteiger partial charge in [0.25, 0.3) is 5.69 Å². The Morgan fingerprint density at radius 1 is 1.53 bits per heavy atom. The Kier molecular flexibility index (Phi) is 3.23. The number of aromatic nitrogens is 2. The molecule has 0 N–H and O–H groups in total. The molecule has 5 nitrogen and oxygen atoms in total. The van der Waals surface area contributed by atoms with E-state index < -0.39 is 0 Å². The summed E-state index contributed by atoms with van der Waals surface area (Å²) in [5.41, 5.74) is 2.62. The van der Waals surface area contributed by atoms with Crippen molar-refractivity contribution in [2.75, 3.05) is 0 Å². The topological polar surface area (TPSA) is 61.0 Å². The average Bonchev–Trinajstić information content (AvgIpc) is 2.75. The lowest BCUT2D eigenvalue weighted by molar-refractivity contribution is -0.385. The van der Waals surface area contributed by atoms with Crippen LogP contribution < -0.4 is 0 Å². The molecule has 0 spiro atoms. The molecule has 0 aliphatic carbocycles. The van der Waals surface area contributed by atoms with Crippen molar-refractivity contribution in [3.63, 3.8) is 0 Å². The monoisotopic (exact) mass is 295 g/mol. The standard InChI is InChI=1S/C11H10BrN3O2/c1-8-6-13-14(7-8)10-2-3-11(15(16)17)9(4-10)5-12/h2-4,6-7H,5H2,1H3. The first kappa shape index (κ1) is 11.8. The van der Waals surface area contributed by atoms with Gasteiger partial charge in [-0.3, -0.25) is 10.1 Å². The molecular weight excluding hydrogens is 286 g/mol. The van der Waals surface area contributed by atoms with Crippen molar-refractivity contribution in [3.05, 3.63) is 51.8 Å². The Labute approximate surface area is 106 Å². The Hall–Kier alpha value is -1.69. The van der Waals surface area contributed by atoms with Crippen LogP contribution in [0, 0.1) is 17.0 Å². The van der Waals surface area contributed by atoms with Gasteiger partial charge in [0.2, 0.25) is 0 Å². The minimum atomic E-state index is -0.380. The van der Waals surface area contributed by atoms with Crippen LogP contribution in [0.4, 0.5) is 5.69 Å². The summed E-state index contributed by atoms with van der Waals surface area (Å²) in [7, 11) is 0. The van der Waals surface area contributed by atoms with E-state index in [4.69, 9.17) is 0 Å². The van der Waals surface area contributed by atoms with Crippen LogP contribution in [0.1, 0.15) is 11.1 Å². The van der Waals surface area contributed by atoms with E-state index in [0.29, 0.717) is 10.9 Å². The van der Waals surface area contributed by atoms with E-state index in [1.54, 1.807) is 23.0 Å². The number of nitro groups is 1. The summed E-state index contributed by atoms with van der Waals surface area (Å²) in [6, 6.07) is 4.96. The molecule has 0 aliphatic heterocycles. The van der Waals surface area contributed by atoms with Gasteiger partial charge in [-0.1, -0.05) is 15.9 Å². The number of rotatable bonds is 3. The van der Waals surface area contributed by atoms with Gasteiger partial charge in [0.05, 0.1) is 16.8 Å². The summed E-state index contributed by atoms with van der Waals surface area (Å²) in [6.45, 7) is 1.94. The summed E-state index contributed by atoms with van der Waals surface area (Å²) >= 11 is 3.25. The number of nitrogens with zero attached hydrogens (tertiary/aromatic N) is 3. The van der Waals surface area contributed by atoms with E-state index in [1.807, 2.05) is 13.1 Å². The maximum atomic E-state index is 10.8. The first-order valence-corrected chi connectivity index (χ1v) is 6.09. The number of aryl methyl sites for hydroxylation is 1. The zero-order chi connectivity index (χ0) is 12.4. The first-order chi connectivity index (χ1) is 8.11. The Balaban J connectivity index is 2.48. The second kappa shape index (κ2) is 4.67. The molecule has 0 aliphatic rings. The molecule has 1 heterocycles. The maximum Gasteiger partial charge on any atom is 0.273 e. The van der Waals surface area contributed by atoms with Gasteiger partial charge >= 0.3 is 0 Å². The summed E-state index contributed by atoms with van der Waals surface area (Å²) in [6.07, 6.45) is 3.62. The largest absolute Gasteiger partial charge is 0.273 e. The fourth-order valence-corrected chi connectivity index (χ4v) is 2.00. The lowest BCUT2D eigenvalue weighted by Crippen LogP contribution is -1.98.